The second-order valence-corrected chi connectivity index (χ2v) is 6.65. The first kappa shape index (κ1) is 16.5. The number of aliphatic carboxylic acids is 1. The van der Waals surface area contributed by atoms with E-state index in [1.807, 2.05) is 32.0 Å². The monoisotopic (exact) mass is 330 g/mol. The number of amides is 1. The van der Waals surface area contributed by atoms with E-state index in [1.54, 1.807) is 4.90 Å². The van der Waals surface area contributed by atoms with Gasteiger partial charge in [0, 0.05) is 31.1 Å². The van der Waals surface area contributed by atoms with Crippen LogP contribution in [0.25, 0.3) is 10.9 Å². The molecule has 0 aliphatic carbocycles. The van der Waals surface area contributed by atoms with Crippen molar-refractivity contribution in [2.45, 2.75) is 20.3 Å². The van der Waals surface area contributed by atoms with Gasteiger partial charge in [0.15, 0.2) is 0 Å². The molecule has 1 amide bonds. The molecule has 0 radical (unpaired) electrons. The van der Waals surface area contributed by atoms with Crippen LogP contribution in [0.4, 0.5) is 0 Å². The molecular weight excluding hydrogens is 308 g/mol. The zero-order valence-corrected chi connectivity index (χ0v) is 14.2. The van der Waals surface area contributed by atoms with Crippen molar-refractivity contribution in [3.63, 3.8) is 0 Å². The molecule has 2 aromatic rings. The maximum Gasteiger partial charge on any atom is 0.313 e. The number of benzene rings is 1. The normalized spacial score (nSPS) is 20.7. The topological polar surface area (TPSA) is 82.6 Å². The van der Waals surface area contributed by atoms with Gasteiger partial charge in [-0.2, -0.15) is 0 Å². The van der Waals surface area contributed by atoms with Gasteiger partial charge in [0.1, 0.15) is 11.1 Å². The van der Waals surface area contributed by atoms with E-state index in [-0.39, 0.29) is 19.1 Å². The zero-order valence-electron chi connectivity index (χ0n) is 14.2. The Morgan fingerprint density at radius 2 is 2.12 bits per heavy atom. The van der Waals surface area contributed by atoms with Crippen LogP contribution in [0.5, 0.6) is 0 Å². The van der Waals surface area contributed by atoms with E-state index in [4.69, 9.17) is 4.74 Å². The third kappa shape index (κ3) is 2.57. The lowest BCUT2D eigenvalue weighted by Crippen LogP contribution is -2.40. The molecule has 6 heteroatoms. The number of carbonyl (C=O) groups is 2. The van der Waals surface area contributed by atoms with Crippen LogP contribution in [0.3, 0.4) is 0 Å². The largest absolute Gasteiger partial charge is 0.481 e. The van der Waals surface area contributed by atoms with Gasteiger partial charge in [-0.05, 0) is 43.5 Å². The second-order valence-electron chi connectivity index (χ2n) is 6.65. The molecule has 1 aliphatic heterocycles. The molecule has 0 spiro atoms. The molecule has 2 N–H and O–H groups in total. The maximum atomic E-state index is 12.8. The predicted molar refractivity (Wildman–Crippen MR) is 90.2 cm³/mol. The lowest BCUT2D eigenvalue weighted by atomic mass is 9.88. The molecule has 1 fully saturated rings. The van der Waals surface area contributed by atoms with Crippen LogP contribution in [0, 0.1) is 19.3 Å². The number of nitrogens with one attached hydrogen (secondary N) is 1. The lowest BCUT2D eigenvalue weighted by Gasteiger charge is -2.23. The fourth-order valence-corrected chi connectivity index (χ4v) is 3.42. The summed E-state index contributed by atoms with van der Waals surface area (Å²) in [5.41, 5.74) is 2.72. The highest BCUT2D eigenvalue weighted by Crippen LogP contribution is 2.32. The van der Waals surface area contributed by atoms with Gasteiger partial charge in [0.2, 0.25) is 0 Å². The number of aromatic amines is 1. The number of carboxylic acid groups (broad SMARTS) is 1. The molecule has 3 rings (SSSR count). The molecule has 24 heavy (non-hydrogen) atoms. The summed E-state index contributed by atoms with van der Waals surface area (Å²) in [5, 5.41) is 10.5. The number of carbonyl (C=O) groups excluding carboxylic acids is 1. The molecule has 6 nitrogen and oxygen atoms in total. The Kier molecular flexibility index (Phi) is 4.09. The molecule has 1 atom stereocenters. The fraction of sp³-hybridized carbons (Fsp3) is 0.444. The van der Waals surface area contributed by atoms with Gasteiger partial charge >= 0.3 is 5.97 Å². The van der Waals surface area contributed by atoms with Crippen LogP contribution in [0.15, 0.2) is 18.2 Å². The number of aryl methyl sites for hydroxylation is 2. The van der Waals surface area contributed by atoms with E-state index in [1.165, 1.54) is 12.7 Å². The maximum absolute atomic E-state index is 12.8. The number of ether oxygens (including phenoxy) is 1. The lowest BCUT2D eigenvalue weighted by molar-refractivity contribution is -0.151. The van der Waals surface area contributed by atoms with Gasteiger partial charge in [0.05, 0.1) is 6.61 Å². The Morgan fingerprint density at radius 1 is 1.38 bits per heavy atom. The van der Waals surface area contributed by atoms with Crippen molar-refractivity contribution >= 4 is 22.8 Å². The van der Waals surface area contributed by atoms with E-state index in [9.17, 15) is 14.7 Å². The first-order chi connectivity index (χ1) is 11.4. The van der Waals surface area contributed by atoms with E-state index in [2.05, 4.69) is 4.98 Å². The van der Waals surface area contributed by atoms with E-state index in [0.717, 1.165) is 16.5 Å². The molecule has 128 valence electrons. The van der Waals surface area contributed by atoms with Crippen molar-refractivity contribution in [2.24, 2.45) is 5.41 Å². The number of H-pyrrole nitrogens is 1. The van der Waals surface area contributed by atoms with Crippen LogP contribution in [0.1, 0.15) is 28.0 Å². The van der Waals surface area contributed by atoms with E-state index in [0.29, 0.717) is 18.7 Å². The molecule has 0 bridgehead atoms. The summed E-state index contributed by atoms with van der Waals surface area (Å²) < 4.78 is 5.07. The van der Waals surface area contributed by atoms with Gasteiger partial charge in [0.25, 0.3) is 5.91 Å². The van der Waals surface area contributed by atoms with Gasteiger partial charge in [-0.3, -0.25) is 9.59 Å². The van der Waals surface area contributed by atoms with Crippen LogP contribution in [-0.4, -0.2) is 53.7 Å². The number of rotatable bonds is 4. The standard InChI is InChI=1S/C18H22N2O4/c1-11-4-5-14-13(12(11)2)8-15(19-14)16(21)20-7-6-18(9-20,10-24-3)17(22)23/h4-5,8,19H,6-7,9-10H2,1-3H3,(H,22,23). The number of likely N-dealkylation sites (tertiary alicyclic amines) is 1. The third-order valence-electron chi connectivity index (χ3n) is 5.09. The summed E-state index contributed by atoms with van der Waals surface area (Å²) in [4.78, 5) is 29.2. The van der Waals surface area contributed by atoms with E-state index >= 15 is 0 Å². The summed E-state index contributed by atoms with van der Waals surface area (Å²) in [5.74, 6) is -1.08. The predicted octanol–water partition coefficient (Wildman–Crippen LogP) is 2.35. The Morgan fingerprint density at radius 3 is 2.79 bits per heavy atom. The Balaban J connectivity index is 1.88. The molecule has 1 aromatic heterocycles. The van der Waals surface area contributed by atoms with Crippen LogP contribution in [0.2, 0.25) is 0 Å². The Hall–Kier alpha value is -2.34. The fourth-order valence-electron chi connectivity index (χ4n) is 3.42. The van der Waals surface area contributed by atoms with Crippen molar-refractivity contribution < 1.29 is 19.4 Å². The third-order valence-corrected chi connectivity index (χ3v) is 5.09. The summed E-state index contributed by atoms with van der Waals surface area (Å²) in [6.07, 6.45) is 0.403. The molecule has 2 heterocycles. The Bertz CT molecular complexity index is 811. The number of carboxylic acids is 1. The average molecular weight is 330 g/mol. The number of fused-ring (bicyclic) bond motifs is 1. The highest BCUT2D eigenvalue weighted by molar-refractivity contribution is 5.99. The molecular formula is C18H22N2O4. The van der Waals surface area contributed by atoms with Crippen LogP contribution >= 0.6 is 0 Å². The quantitative estimate of drug-likeness (QED) is 0.901. The minimum Gasteiger partial charge on any atom is -0.481 e. The summed E-state index contributed by atoms with van der Waals surface area (Å²) >= 11 is 0. The molecule has 0 saturated carbocycles. The van der Waals surface area contributed by atoms with Crippen molar-refractivity contribution in [3.8, 4) is 0 Å². The van der Waals surface area contributed by atoms with E-state index < -0.39 is 11.4 Å². The summed E-state index contributed by atoms with van der Waals surface area (Å²) in [6.45, 7) is 4.76. The summed E-state index contributed by atoms with van der Waals surface area (Å²) in [7, 11) is 1.48. The molecule has 1 aliphatic rings. The molecule has 1 aromatic carbocycles. The van der Waals surface area contributed by atoms with Crippen molar-refractivity contribution in [1.29, 1.82) is 0 Å². The van der Waals surface area contributed by atoms with Crippen molar-refractivity contribution in [1.82, 2.24) is 9.88 Å². The molecule has 1 saturated heterocycles. The number of nitrogens with zero attached hydrogens (tertiary/aromatic N) is 1. The minimum absolute atomic E-state index is 0.108. The average Bonchev–Trinajstić information content (AvgIpc) is 3.16. The van der Waals surface area contributed by atoms with Gasteiger partial charge in [-0.1, -0.05) is 6.07 Å². The van der Waals surface area contributed by atoms with Crippen molar-refractivity contribution in [3.05, 3.63) is 35.0 Å². The number of hydrogen-bond acceptors (Lipinski definition) is 3. The highest BCUT2D eigenvalue weighted by Gasteiger charge is 2.46. The van der Waals surface area contributed by atoms with Crippen LogP contribution in [-0.2, 0) is 9.53 Å². The highest BCUT2D eigenvalue weighted by atomic mass is 16.5. The Labute approximate surface area is 140 Å². The minimum atomic E-state index is -1.01. The number of aromatic nitrogens is 1. The van der Waals surface area contributed by atoms with Gasteiger partial charge in [-0.15, -0.1) is 0 Å². The van der Waals surface area contributed by atoms with Crippen molar-refractivity contribution in [2.75, 3.05) is 26.8 Å². The SMILES string of the molecule is COCC1(C(=O)O)CCN(C(=O)c2cc3c(C)c(C)ccc3[nH]2)C1. The molecule has 1 unspecified atom stereocenters. The van der Waals surface area contributed by atoms with Gasteiger partial charge in [-0.25, -0.2) is 0 Å². The smallest absolute Gasteiger partial charge is 0.313 e. The first-order valence-electron chi connectivity index (χ1n) is 7.98. The number of methoxy groups -OCH3 is 1. The zero-order chi connectivity index (χ0) is 17.5. The first-order valence-corrected chi connectivity index (χ1v) is 7.98. The van der Waals surface area contributed by atoms with Crippen LogP contribution < -0.4 is 0 Å². The summed E-state index contributed by atoms with van der Waals surface area (Å²) in [6, 6.07) is 5.84. The van der Waals surface area contributed by atoms with Gasteiger partial charge < -0.3 is 19.7 Å². The second kappa shape index (κ2) is 5.94. The number of hydrogen-bond donors (Lipinski definition) is 2.